The van der Waals surface area contributed by atoms with Crippen molar-refractivity contribution in [2.75, 3.05) is 30.4 Å². The normalized spacial score (nSPS) is 12.7. The van der Waals surface area contributed by atoms with E-state index in [1.54, 1.807) is 0 Å². The fraction of sp³-hybridized carbons (Fsp3) is 0.778. The van der Waals surface area contributed by atoms with Crippen LogP contribution in [-0.4, -0.2) is 35.3 Å². The Morgan fingerprint density at radius 1 is 1.53 bits per heavy atom. The molecule has 0 aliphatic heterocycles. The second-order valence-corrected chi connectivity index (χ2v) is 4.39. The molecule has 86 valence electrons. The predicted molar refractivity (Wildman–Crippen MR) is 63.1 cm³/mol. The van der Waals surface area contributed by atoms with Gasteiger partial charge in [0.1, 0.15) is 0 Å². The van der Waals surface area contributed by atoms with E-state index in [-0.39, 0.29) is 0 Å². The van der Waals surface area contributed by atoms with Gasteiger partial charge in [-0.15, -0.1) is 5.10 Å². The average molecular weight is 230 g/mol. The number of thioether (sulfide) groups is 1. The Bertz CT molecular complexity index is 279. The smallest absolute Gasteiger partial charge is 0.315 e. The second kappa shape index (κ2) is 6.68. The van der Waals surface area contributed by atoms with Gasteiger partial charge in [0.2, 0.25) is 5.89 Å². The highest BCUT2D eigenvalue weighted by atomic mass is 32.2. The van der Waals surface area contributed by atoms with Gasteiger partial charge in [0.05, 0.1) is 0 Å². The van der Waals surface area contributed by atoms with Crippen LogP contribution in [0.4, 0.5) is 6.01 Å². The standard InChI is InChI=1S/C9H18N4OS/c1-7(6-15-2)5-11-9-13-12-8(14-9)3-4-10/h7H,3-6,10H2,1-2H3,(H,11,13). The van der Waals surface area contributed by atoms with Crippen LogP contribution in [0.3, 0.4) is 0 Å². The molecule has 0 saturated heterocycles. The first-order valence-electron chi connectivity index (χ1n) is 5.01. The van der Waals surface area contributed by atoms with Gasteiger partial charge in [0.15, 0.2) is 0 Å². The van der Waals surface area contributed by atoms with Crippen LogP contribution in [0, 0.1) is 5.92 Å². The van der Waals surface area contributed by atoms with Crippen molar-refractivity contribution in [2.45, 2.75) is 13.3 Å². The van der Waals surface area contributed by atoms with E-state index in [4.69, 9.17) is 10.2 Å². The molecule has 1 aromatic heterocycles. The van der Waals surface area contributed by atoms with E-state index in [1.165, 1.54) is 0 Å². The lowest BCUT2D eigenvalue weighted by atomic mass is 10.2. The Kier molecular flexibility index (Phi) is 5.49. The fourth-order valence-corrected chi connectivity index (χ4v) is 1.84. The summed E-state index contributed by atoms with van der Waals surface area (Å²) in [6.07, 6.45) is 2.73. The molecule has 0 aliphatic rings. The Balaban J connectivity index is 2.30. The lowest BCUT2D eigenvalue weighted by molar-refractivity contribution is 0.502. The molecule has 0 aromatic carbocycles. The molecule has 0 amide bonds. The zero-order valence-corrected chi connectivity index (χ0v) is 10.0. The third kappa shape index (κ3) is 4.53. The van der Waals surface area contributed by atoms with Crippen molar-refractivity contribution >= 4 is 17.8 Å². The van der Waals surface area contributed by atoms with Gasteiger partial charge in [0, 0.05) is 19.5 Å². The number of nitrogens with two attached hydrogens (primary N) is 1. The number of anilines is 1. The first-order chi connectivity index (χ1) is 7.26. The molecule has 3 N–H and O–H groups in total. The summed E-state index contributed by atoms with van der Waals surface area (Å²) in [6.45, 7) is 3.57. The largest absolute Gasteiger partial charge is 0.408 e. The Labute approximate surface area is 94.2 Å². The third-order valence-electron chi connectivity index (χ3n) is 1.88. The van der Waals surface area contributed by atoms with Gasteiger partial charge in [-0.05, 0) is 17.9 Å². The van der Waals surface area contributed by atoms with E-state index in [2.05, 4.69) is 28.7 Å². The number of hydrogen-bond acceptors (Lipinski definition) is 6. The highest BCUT2D eigenvalue weighted by molar-refractivity contribution is 7.98. The second-order valence-electron chi connectivity index (χ2n) is 3.48. The zero-order chi connectivity index (χ0) is 11.1. The summed E-state index contributed by atoms with van der Waals surface area (Å²) < 4.78 is 5.33. The number of nitrogens with zero attached hydrogens (tertiary/aromatic N) is 2. The molecule has 1 heterocycles. The Morgan fingerprint density at radius 2 is 2.33 bits per heavy atom. The molecule has 1 aromatic rings. The van der Waals surface area contributed by atoms with E-state index in [0.717, 1.165) is 12.3 Å². The monoisotopic (exact) mass is 230 g/mol. The minimum atomic E-state index is 0.492. The van der Waals surface area contributed by atoms with Crippen LogP contribution >= 0.6 is 11.8 Å². The highest BCUT2D eigenvalue weighted by Gasteiger charge is 2.06. The van der Waals surface area contributed by atoms with Crippen LogP contribution in [-0.2, 0) is 6.42 Å². The molecule has 1 rings (SSSR count). The summed E-state index contributed by atoms with van der Waals surface area (Å²) in [7, 11) is 0. The molecule has 0 saturated carbocycles. The Morgan fingerprint density at radius 3 is 3.00 bits per heavy atom. The van der Waals surface area contributed by atoms with Gasteiger partial charge in [-0.25, -0.2) is 0 Å². The van der Waals surface area contributed by atoms with E-state index >= 15 is 0 Å². The lowest BCUT2D eigenvalue weighted by Gasteiger charge is -2.08. The summed E-state index contributed by atoms with van der Waals surface area (Å²) >= 11 is 1.84. The predicted octanol–water partition coefficient (Wildman–Crippen LogP) is 0.982. The van der Waals surface area contributed by atoms with Crippen LogP contribution in [0.15, 0.2) is 4.42 Å². The van der Waals surface area contributed by atoms with Gasteiger partial charge >= 0.3 is 6.01 Å². The van der Waals surface area contributed by atoms with Crippen molar-refractivity contribution in [2.24, 2.45) is 11.7 Å². The first-order valence-corrected chi connectivity index (χ1v) is 6.41. The minimum Gasteiger partial charge on any atom is -0.408 e. The lowest BCUT2D eigenvalue weighted by Crippen LogP contribution is -2.13. The topological polar surface area (TPSA) is 77.0 Å². The van der Waals surface area contributed by atoms with Crippen molar-refractivity contribution in [3.8, 4) is 0 Å². The van der Waals surface area contributed by atoms with Crippen LogP contribution in [0.5, 0.6) is 0 Å². The molecule has 0 radical (unpaired) electrons. The summed E-state index contributed by atoms with van der Waals surface area (Å²) in [5.74, 6) is 2.30. The molecular formula is C9H18N4OS. The van der Waals surface area contributed by atoms with Crippen LogP contribution in [0.2, 0.25) is 0 Å². The van der Waals surface area contributed by atoms with Gasteiger partial charge < -0.3 is 15.5 Å². The third-order valence-corrected chi connectivity index (χ3v) is 2.78. The molecule has 1 atom stereocenters. The summed E-state index contributed by atoms with van der Waals surface area (Å²) in [4.78, 5) is 0. The van der Waals surface area contributed by atoms with Gasteiger partial charge in [0.25, 0.3) is 0 Å². The van der Waals surface area contributed by atoms with E-state index in [1.807, 2.05) is 11.8 Å². The molecule has 0 spiro atoms. The molecule has 0 aliphatic carbocycles. The number of hydrogen-bond donors (Lipinski definition) is 2. The summed E-state index contributed by atoms with van der Waals surface area (Å²) in [5.41, 5.74) is 5.38. The van der Waals surface area contributed by atoms with Crippen molar-refractivity contribution < 1.29 is 4.42 Å². The highest BCUT2D eigenvalue weighted by Crippen LogP contribution is 2.08. The van der Waals surface area contributed by atoms with Crippen molar-refractivity contribution in [3.63, 3.8) is 0 Å². The molecule has 15 heavy (non-hydrogen) atoms. The average Bonchev–Trinajstić information content (AvgIpc) is 2.64. The van der Waals surface area contributed by atoms with E-state index < -0.39 is 0 Å². The van der Waals surface area contributed by atoms with Gasteiger partial charge in [-0.1, -0.05) is 12.0 Å². The summed E-state index contributed by atoms with van der Waals surface area (Å²) in [5, 5.41) is 10.9. The van der Waals surface area contributed by atoms with E-state index in [9.17, 15) is 0 Å². The molecule has 6 heteroatoms. The molecule has 0 fully saturated rings. The van der Waals surface area contributed by atoms with Crippen molar-refractivity contribution in [1.82, 2.24) is 10.2 Å². The fourth-order valence-electron chi connectivity index (χ4n) is 1.15. The van der Waals surface area contributed by atoms with Crippen LogP contribution in [0.25, 0.3) is 0 Å². The van der Waals surface area contributed by atoms with Gasteiger partial charge in [-0.2, -0.15) is 11.8 Å². The van der Waals surface area contributed by atoms with Crippen LogP contribution in [0.1, 0.15) is 12.8 Å². The van der Waals surface area contributed by atoms with E-state index in [0.29, 0.717) is 30.8 Å². The zero-order valence-electron chi connectivity index (χ0n) is 9.19. The molecule has 5 nitrogen and oxygen atoms in total. The Hall–Kier alpha value is -0.750. The maximum Gasteiger partial charge on any atom is 0.315 e. The quantitative estimate of drug-likeness (QED) is 0.727. The van der Waals surface area contributed by atoms with Crippen LogP contribution < -0.4 is 11.1 Å². The number of nitrogens with one attached hydrogen (secondary N) is 1. The maximum atomic E-state index is 5.38. The number of aromatic nitrogens is 2. The SMILES string of the molecule is CSCC(C)CNc1nnc(CCN)o1. The summed E-state index contributed by atoms with van der Waals surface area (Å²) in [6, 6.07) is 0.492. The minimum absolute atomic E-state index is 0.492. The number of rotatable bonds is 7. The van der Waals surface area contributed by atoms with Crippen molar-refractivity contribution in [1.29, 1.82) is 0 Å². The molecular weight excluding hydrogens is 212 g/mol. The maximum absolute atomic E-state index is 5.38. The van der Waals surface area contributed by atoms with Crippen molar-refractivity contribution in [3.05, 3.63) is 5.89 Å². The molecule has 1 unspecified atom stereocenters. The first kappa shape index (κ1) is 12.3. The molecule has 0 bridgehead atoms. The van der Waals surface area contributed by atoms with Gasteiger partial charge in [-0.3, -0.25) is 0 Å².